The van der Waals surface area contributed by atoms with Gasteiger partial charge in [0.15, 0.2) is 6.61 Å². The van der Waals surface area contributed by atoms with E-state index >= 15 is 0 Å². The van der Waals surface area contributed by atoms with E-state index in [-0.39, 0.29) is 18.1 Å². The minimum absolute atomic E-state index is 0.0500. The Bertz CT molecular complexity index is 729. The van der Waals surface area contributed by atoms with Crippen molar-refractivity contribution in [1.29, 1.82) is 0 Å². The van der Waals surface area contributed by atoms with Crippen molar-refractivity contribution >= 4 is 27.5 Å². The van der Waals surface area contributed by atoms with Crippen molar-refractivity contribution in [3.8, 4) is 17.2 Å². The standard InChI is InChI=1S/C16H15BrN2O4/c1-10(14-7-4-12(20)8-15(14)21)18-19-16(22)9-23-13-5-2-11(17)3-6-13/h2-8,20-21H,9H2,1H3,(H,19,22). The van der Waals surface area contributed by atoms with Crippen LogP contribution in [-0.4, -0.2) is 28.4 Å². The molecule has 120 valence electrons. The molecular formula is C16H15BrN2O4. The molecule has 0 aliphatic heterocycles. The molecule has 3 N–H and O–H groups in total. The largest absolute Gasteiger partial charge is 0.508 e. The first kappa shape index (κ1) is 16.8. The average Bonchev–Trinajstić information content (AvgIpc) is 2.52. The van der Waals surface area contributed by atoms with Gasteiger partial charge in [0.25, 0.3) is 5.91 Å². The zero-order valence-corrected chi connectivity index (χ0v) is 13.9. The maximum atomic E-state index is 11.7. The molecule has 2 rings (SSSR count). The third kappa shape index (κ3) is 5.00. The van der Waals surface area contributed by atoms with Crippen molar-refractivity contribution < 1.29 is 19.7 Å². The number of carbonyl (C=O) groups excluding carboxylic acids is 1. The highest BCUT2D eigenvalue weighted by Crippen LogP contribution is 2.23. The molecule has 0 aromatic heterocycles. The molecule has 2 aromatic rings. The Morgan fingerprint density at radius 2 is 1.91 bits per heavy atom. The number of nitrogens with one attached hydrogen (secondary N) is 1. The lowest BCUT2D eigenvalue weighted by Crippen LogP contribution is -2.25. The van der Waals surface area contributed by atoms with Crippen LogP contribution in [0.2, 0.25) is 0 Å². The fraction of sp³-hybridized carbons (Fsp3) is 0.125. The molecule has 2 aromatic carbocycles. The monoisotopic (exact) mass is 378 g/mol. The van der Waals surface area contributed by atoms with Crippen molar-refractivity contribution in [3.05, 3.63) is 52.5 Å². The number of ether oxygens (including phenoxy) is 1. The first-order chi connectivity index (χ1) is 11.0. The van der Waals surface area contributed by atoms with E-state index in [1.807, 2.05) is 12.1 Å². The fourth-order valence-corrected chi connectivity index (χ4v) is 2.01. The first-order valence-corrected chi connectivity index (χ1v) is 7.49. The lowest BCUT2D eigenvalue weighted by atomic mass is 10.1. The van der Waals surface area contributed by atoms with Crippen LogP contribution in [0.15, 0.2) is 52.0 Å². The van der Waals surface area contributed by atoms with E-state index in [1.54, 1.807) is 19.1 Å². The summed E-state index contributed by atoms with van der Waals surface area (Å²) in [6, 6.07) is 11.2. The number of hydrogen-bond donors (Lipinski definition) is 3. The number of nitrogens with zero attached hydrogens (tertiary/aromatic N) is 1. The maximum absolute atomic E-state index is 11.7. The Hall–Kier alpha value is -2.54. The summed E-state index contributed by atoms with van der Waals surface area (Å²) < 4.78 is 6.24. The van der Waals surface area contributed by atoms with Gasteiger partial charge in [-0.05, 0) is 43.3 Å². The Morgan fingerprint density at radius 3 is 2.57 bits per heavy atom. The summed E-state index contributed by atoms with van der Waals surface area (Å²) in [6.45, 7) is 1.45. The van der Waals surface area contributed by atoms with Gasteiger partial charge in [-0.3, -0.25) is 4.79 Å². The van der Waals surface area contributed by atoms with Crippen LogP contribution in [0, 0.1) is 0 Å². The van der Waals surface area contributed by atoms with Gasteiger partial charge >= 0.3 is 0 Å². The maximum Gasteiger partial charge on any atom is 0.277 e. The van der Waals surface area contributed by atoms with Crippen molar-refractivity contribution in [1.82, 2.24) is 5.43 Å². The van der Waals surface area contributed by atoms with Gasteiger partial charge in [0.1, 0.15) is 17.2 Å². The summed E-state index contributed by atoms with van der Waals surface area (Å²) in [5.41, 5.74) is 3.16. The van der Waals surface area contributed by atoms with E-state index < -0.39 is 5.91 Å². The Balaban J connectivity index is 1.90. The van der Waals surface area contributed by atoms with Crippen LogP contribution in [-0.2, 0) is 4.79 Å². The Morgan fingerprint density at radius 1 is 1.22 bits per heavy atom. The summed E-state index contributed by atoms with van der Waals surface area (Å²) in [4.78, 5) is 11.7. The fourth-order valence-electron chi connectivity index (χ4n) is 1.74. The van der Waals surface area contributed by atoms with E-state index in [0.717, 1.165) is 4.47 Å². The third-order valence-electron chi connectivity index (χ3n) is 2.90. The molecule has 0 saturated carbocycles. The summed E-state index contributed by atoms with van der Waals surface area (Å²) in [7, 11) is 0. The van der Waals surface area contributed by atoms with Gasteiger partial charge in [0, 0.05) is 16.1 Å². The molecule has 0 spiro atoms. The van der Waals surface area contributed by atoms with Gasteiger partial charge < -0.3 is 14.9 Å². The highest BCUT2D eigenvalue weighted by atomic mass is 79.9. The number of benzene rings is 2. The molecular weight excluding hydrogens is 364 g/mol. The van der Waals surface area contributed by atoms with Gasteiger partial charge in [-0.1, -0.05) is 15.9 Å². The minimum Gasteiger partial charge on any atom is -0.508 e. The lowest BCUT2D eigenvalue weighted by Gasteiger charge is -2.07. The normalized spacial score (nSPS) is 11.1. The second-order valence-electron chi connectivity index (χ2n) is 4.68. The van der Waals surface area contributed by atoms with Crippen molar-refractivity contribution in [3.63, 3.8) is 0 Å². The summed E-state index contributed by atoms with van der Waals surface area (Å²) in [6.07, 6.45) is 0. The van der Waals surface area contributed by atoms with Crippen LogP contribution >= 0.6 is 15.9 Å². The molecule has 23 heavy (non-hydrogen) atoms. The molecule has 0 heterocycles. The van der Waals surface area contributed by atoms with E-state index in [0.29, 0.717) is 17.0 Å². The van der Waals surface area contributed by atoms with Crippen LogP contribution in [0.25, 0.3) is 0 Å². The van der Waals surface area contributed by atoms with E-state index in [1.165, 1.54) is 18.2 Å². The summed E-state index contributed by atoms with van der Waals surface area (Å²) in [5, 5.41) is 22.9. The Kier molecular flexibility index (Phi) is 5.59. The molecule has 1 amide bonds. The van der Waals surface area contributed by atoms with Crippen molar-refractivity contribution in [2.24, 2.45) is 5.10 Å². The topological polar surface area (TPSA) is 91.2 Å². The molecule has 0 aliphatic rings. The predicted molar refractivity (Wildman–Crippen MR) is 89.8 cm³/mol. The van der Waals surface area contributed by atoms with Crippen LogP contribution in [0.4, 0.5) is 0 Å². The highest BCUT2D eigenvalue weighted by molar-refractivity contribution is 9.10. The lowest BCUT2D eigenvalue weighted by molar-refractivity contribution is -0.123. The molecule has 0 aliphatic carbocycles. The zero-order valence-electron chi connectivity index (χ0n) is 12.3. The number of carbonyl (C=O) groups is 1. The SMILES string of the molecule is CC(=NNC(=O)COc1ccc(Br)cc1)c1ccc(O)cc1O. The number of aromatic hydroxyl groups is 2. The zero-order chi connectivity index (χ0) is 16.8. The number of amides is 1. The molecule has 0 fully saturated rings. The number of halogens is 1. The van der Waals surface area contributed by atoms with Crippen LogP contribution in [0.1, 0.15) is 12.5 Å². The number of hydrogen-bond acceptors (Lipinski definition) is 5. The quantitative estimate of drug-likeness (QED) is 0.550. The van der Waals surface area contributed by atoms with Crippen LogP contribution in [0.3, 0.4) is 0 Å². The van der Waals surface area contributed by atoms with Crippen LogP contribution in [0.5, 0.6) is 17.2 Å². The Labute approximate surface area is 141 Å². The number of rotatable bonds is 5. The molecule has 0 bridgehead atoms. The van der Waals surface area contributed by atoms with Crippen molar-refractivity contribution in [2.75, 3.05) is 6.61 Å². The third-order valence-corrected chi connectivity index (χ3v) is 3.43. The minimum atomic E-state index is -0.425. The smallest absolute Gasteiger partial charge is 0.277 e. The molecule has 0 radical (unpaired) electrons. The van der Waals surface area contributed by atoms with Gasteiger partial charge in [-0.25, -0.2) is 5.43 Å². The molecule has 0 saturated heterocycles. The first-order valence-electron chi connectivity index (χ1n) is 6.69. The van der Waals surface area contributed by atoms with E-state index in [4.69, 9.17) is 4.74 Å². The number of phenols is 2. The van der Waals surface area contributed by atoms with Crippen molar-refractivity contribution in [2.45, 2.75) is 6.92 Å². The number of phenolic OH excluding ortho intramolecular Hbond substituents is 2. The second kappa shape index (κ2) is 7.64. The van der Waals surface area contributed by atoms with E-state index in [2.05, 4.69) is 26.5 Å². The van der Waals surface area contributed by atoms with Gasteiger partial charge in [0.2, 0.25) is 0 Å². The number of hydrazone groups is 1. The molecule has 6 nitrogen and oxygen atoms in total. The van der Waals surface area contributed by atoms with E-state index in [9.17, 15) is 15.0 Å². The predicted octanol–water partition coefficient (Wildman–Crippen LogP) is 2.78. The summed E-state index contributed by atoms with van der Waals surface area (Å²) >= 11 is 3.31. The average molecular weight is 379 g/mol. The molecule has 0 unspecified atom stereocenters. The van der Waals surface area contributed by atoms with Crippen LogP contribution < -0.4 is 10.2 Å². The summed E-state index contributed by atoms with van der Waals surface area (Å²) in [5.74, 6) is -0.0247. The molecule has 0 atom stereocenters. The van der Waals surface area contributed by atoms with Gasteiger partial charge in [-0.15, -0.1) is 0 Å². The second-order valence-corrected chi connectivity index (χ2v) is 5.59. The molecule has 7 heteroatoms. The highest BCUT2D eigenvalue weighted by Gasteiger charge is 2.07. The van der Waals surface area contributed by atoms with Gasteiger partial charge in [0.05, 0.1) is 5.71 Å². The van der Waals surface area contributed by atoms with Gasteiger partial charge in [-0.2, -0.15) is 5.10 Å².